The number of nitriles is 1. The lowest BCUT2D eigenvalue weighted by Gasteiger charge is -2.01. The van der Waals surface area contributed by atoms with Gasteiger partial charge in [0.25, 0.3) is 0 Å². The Hall–Kier alpha value is -1.89. The summed E-state index contributed by atoms with van der Waals surface area (Å²) < 4.78 is 0. The molecule has 0 spiro atoms. The summed E-state index contributed by atoms with van der Waals surface area (Å²) in [4.78, 5) is 0. The molecule has 1 aromatic rings. The molecule has 0 aliphatic heterocycles. The lowest BCUT2D eigenvalue weighted by Crippen LogP contribution is -2.03. The molecule has 72 valence electrons. The molecule has 14 heavy (non-hydrogen) atoms. The van der Waals surface area contributed by atoms with Crippen molar-refractivity contribution in [1.29, 1.82) is 5.26 Å². The number of rotatable bonds is 4. The van der Waals surface area contributed by atoms with E-state index in [0.29, 0.717) is 11.5 Å². The third kappa shape index (κ3) is 3.23. The van der Waals surface area contributed by atoms with Gasteiger partial charge in [0.1, 0.15) is 11.9 Å². The molecule has 0 atom stereocenters. The van der Waals surface area contributed by atoms with Crippen LogP contribution in [0.3, 0.4) is 0 Å². The molecule has 0 fully saturated rings. The Balaban J connectivity index is 2.41. The molecule has 4 heteroatoms. The molecule has 0 saturated heterocycles. The molecule has 0 saturated carbocycles. The van der Waals surface area contributed by atoms with Gasteiger partial charge in [-0.1, -0.05) is 12.2 Å². The van der Waals surface area contributed by atoms with Gasteiger partial charge in [0, 0.05) is 6.54 Å². The standard InChI is InChI=1S/C10H12N4/c1-2-3-4-7-12-10-6-5-9(8-11)13-14-10/h2-3,5-6H,4,7H2,1H3,(H,12,14)/b3-2+. The monoisotopic (exact) mass is 188 g/mol. The molecule has 1 rings (SSSR count). The minimum atomic E-state index is 0.337. The summed E-state index contributed by atoms with van der Waals surface area (Å²) in [6.07, 6.45) is 5.04. The van der Waals surface area contributed by atoms with E-state index < -0.39 is 0 Å². The summed E-state index contributed by atoms with van der Waals surface area (Å²) in [5.74, 6) is 0.702. The number of aromatic nitrogens is 2. The molecular weight excluding hydrogens is 176 g/mol. The van der Waals surface area contributed by atoms with E-state index in [4.69, 9.17) is 5.26 Å². The van der Waals surface area contributed by atoms with Crippen molar-refractivity contribution in [2.24, 2.45) is 0 Å². The highest BCUT2D eigenvalue weighted by atomic mass is 15.2. The number of anilines is 1. The van der Waals surface area contributed by atoms with E-state index in [1.165, 1.54) is 0 Å². The molecule has 1 aromatic heterocycles. The fourth-order valence-electron chi connectivity index (χ4n) is 0.936. The third-order valence-corrected chi connectivity index (χ3v) is 1.63. The maximum Gasteiger partial charge on any atom is 0.163 e. The predicted octanol–water partition coefficient (Wildman–Crippen LogP) is 1.73. The first kappa shape index (κ1) is 10.2. The first-order valence-electron chi connectivity index (χ1n) is 4.45. The second-order valence-electron chi connectivity index (χ2n) is 2.70. The van der Waals surface area contributed by atoms with Gasteiger partial charge in [-0.25, -0.2) is 0 Å². The molecule has 1 heterocycles. The molecule has 0 radical (unpaired) electrons. The summed E-state index contributed by atoms with van der Waals surface area (Å²) in [5, 5.41) is 19.1. The third-order valence-electron chi connectivity index (χ3n) is 1.63. The summed E-state index contributed by atoms with van der Waals surface area (Å²) in [6, 6.07) is 5.31. The minimum absolute atomic E-state index is 0.337. The van der Waals surface area contributed by atoms with E-state index in [2.05, 4.69) is 21.6 Å². The van der Waals surface area contributed by atoms with Crippen LogP contribution in [0.15, 0.2) is 24.3 Å². The summed E-state index contributed by atoms with van der Waals surface area (Å²) in [7, 11) is 0. The summed E-state index contributed by atoms with van der Waals surface area (Å²) in [6.45, 7) is 2.81. The van der Waals surface area contributed by atoms with Gasteiger partial charge in [-0.15, -0.1) is 10.2 Å². The quantitative estimate of drug-likeness (QED) is 0.577. The smallest absolute Gasteiger partial charge is 0.163 e. The average molecular weight is 188 g/mol. The van der Waals surface area contributed by atoms with Crippen LogP contribution in [-0.2, 0) is 0 Å². The number of hydrogen-bond donors (Lipinski definition) is 1. The Morgan fingerprint density at radius 1 is 1.50 bits per heavy atom. The summed E-state index contributed by atoms with van der Waals surface area (Å²) in [5.41, 5.74) is 0.337. The van der Waals surface area contributed by atoms with Crippen molar-refractivity contribution >= 4 is 5.82 Å². The molecule has 1 N–H and O–H groups in total. The normalized spacial score (nSPS) is 10.0. The van der Waals surface area contributed by atoms with Gasteiger partial charge in [0.2, 0.25) is 0 Å². The Morgan fingerprint density at radius 2 is 2.36 bits per heavy atom. The molecular formula is C10H12N4. The van der Waals surface area contributed by atoms with Crippen molar-refractivity contribution in [2.75, 3.05) is 11.9 Å². The second-order valence-corrected chi connectivity index (χ2v) is 2.70. The number of hydrogen-bond acceptors (Lipinski definition) is 4. The van der Waals surface area contributed by atoms with Gasteiger partial charge in [-0.2, -0.15) is 5.26 Å². The van der Waals surface area contributed by atoms with E-state index in [1.807, 2.05) is 19.1 Å². The zero-order valence-electron chi connectivity index (χ0n) is 8.07. The van der Waals surface area contributed by atoms with E-state index in [0.717, 1.165) is 13.0 Å². The van der Waals surface area contributed by atoms with Gasteiger partial charge < -0.3 is 5.32 Å². The van der Waals surface area contributed by atoms with Crippen LogP contribution in [-0.4, -0.2) is 16.7 Å². The molecule has 0 amide bonds. The van der Waals surface area contributed by atoms with E-state index in [9.17, 15) is 0 Å². The SMILES string of the molecule is C/C=C/CCNc1ccc(C#N)nn1. The van der Waals surface area contributed by atoms with Crippen molar-refractivity contribution in [3.63, 3.8) is 0 Å². The zero-order valence-corrected chi connectivity index (χ0v) is 8.07. The van der Waals surface area contributed by atoms with E-state index in [-0.39, 0.29) is 0 Å². The Labute approximate surface area is 83.3 Å². The molecule has 0 aliphatic rings. The minimum Gasteiger partial charge on any atom is -0.368 e. The van der Waals surface area contributed by atoms with Crippen LogP contribution in [0.1, 0.15) is 19.0 Å². The maximum atomic E-state index is 8.49. The average Bonchev–Trinajstić information content (AvgIpc) is 2.25. The second kappa shape index (κ2) is 5.70. The van der Waals surface area contributed by atoms with Crippen LogP contribution in [0.4, 0.5) is 5.82 Å². The zero-order chi connectivity index (χ0) is 10.2. The van der Waals surface area contributed by atoms with Crippen LogP contribution in [0, 0.1) is 11.3 Å². The van der Waals surface area contributed by atoms with Gasteiger partial charge in [0.15, 0.2) is 5.69 Å². The van der Waals surface area contributed by atoms with Crippen LogP contribution >= 0.6 is 0 Å². The van der Waals surface area contributed by atoms with Crippen molar-refractivity contribution in [3.05, 3.63) is 30.0 Å². The highest BCUT2D eigenvalue weighted by Crippen LogP contribution is 2.00. The number of nitrogens with zero attached hydrogens (tertiary/aromatic N) is 3. The molecule has 0 aromatic carbocycles. The Morgan fingerprint density at radius 3 is 2.93 bits per heavy atom. The fourth-order valence-corrected chi connectivity index (χ4v) is 0.936. The van der Waals surface area contributed by atoms with E-state index >= 15 is 0 Å². The maximum absolute atomic E-state index is 8.49. The molecule has 0 aliphatic carbocycles. The lowest BCUT2D eigenvalue weighted by molar-refractivity contribution is 0.972. The van der Waals surface area contributed by atoms with Gasteiger partial charge in [-0.3, -0.25) is 0 Å². The van der Waals surface area contributed by atoms with Crippen molar-refractivity contribution in [1.82, 2.24) is 10.2 Å². The van der Waals surface area contributed by atoms with Crippen molar-refractivity contribution in [3.8, 4) is 6.07 Å². The lowest BCUT2D eigenvalue weighted by atomic mass is 10.3. The van der Waals surface area contributed by atoms with Crippen LogP contribution in [0.25, 0.3) is 0 Å². The molecule has 0 unspecified atom stereocenters. The van der Waals surface area contributed by atoms with E-state index in [1.54, 1.807) is 12.1 Å². The van der Waals surface area contributed by atoms with Crippen LogP contribution in [0.5, 0.6) is 0 Å². The Bertz CT molecular complexity index is 334. The number of allylic oxidation sites excluding steroid dienone is 1. The Kier molecular flexibility index (Phi) is 4.15. The van der Waals surface area contributed by atoms with Crippen molar-refractivity contribution < 1.29 is 0 Å². The van der Waals surface area contributed by atoms with Gasteiger partial charge in [-0.05, 0) is 25.5 Å². The topological polar surface area (TPSA) is 61.6 Å². The van der Waals surface area contributed by atoms with Crippen molar-refractivity contribution in [2.45, 2.75) is 13.3 Å². The first-order valence-corrected chi connectivity index (χ1v) is 4.45. The highest BCUT2D eigenvalue weighted by Gasteiger charge is 1.94. The van der Waals surface area contributed by atoms with Gasteiger partial charge in [0.05, 0.1) is 0 Å². The predicted molar refractivity (Wildman–Crippen MR) is 54.7 cm³/mol. The largest absolute Gasteiger partial charge is 0.368 e. The fraction of sp³-hybridized carbons (Fsp3) is 0.300. The van der Waals surface area contributed by atoms with Crippen LogP contribution in [0.2, 0.25) is 0 Å². The summed E-state index contributed by atoms with van der Waals surface area (Å²) >= 11 is 0. The first-order chi connectivity index (χ1) is 6.86. The number of nitrogens with one attached hydrogen (secondary N) is 1. The molecule has 0 bridgehead atoms. The van der Waals surface area contributed by atoms with Gasteiger partial charge >= 0.3 is 0 Å². The van der Waals surface area contributed by atoms with Crippen LogP contribution < -0.4 is 5.32 Å². The highest BCUT2D eigenvalue weighted by molar-refractivity contribution is 5.35. The molecule has 4 nitrogen and oxygen atoms in total.